The summed E-state index contributed by atoms with van der Waals surface area (Å²) >= 11 is 5.88. The van der Waals surface area contributed by atoms with Crippen LogP contribution in [0.2, 0.25) is 5.02 Å². The van der Waals surface area contributed by atoms with Gasteiger partial charge in [-0.25, -0.2) is 8.78 Å². The van der Waals surface area contributed by atoms with E-state index in [4.69, 9.17) is 17.3 Å². The highest BCUT2D eigenvalue weighted by Gasteiger charge is 2.11. The molecule has 0 spiro atoms. The van der Waals surface area contributed by atoms with Gasteiger partial charge in [-0.15, -0.1) is 0 Å². The molecule has 3 N–H and O–H groups in total. The Morgan fingerprint density at radius 2 is 1.84 bits per heavy atom. The highest BCUT2D eigenvalue weighted by Crippen LogP contribution is 2.24. The Hall–Kier alpha value is -2.14. The third-order valence-electron chi connectivity index (χ3n) is 2.42. The van der Waals surface area contributed by atoms with Gasteiger partial charge in [0.25, 0.3) is 5.91 Å². The Morgan fingerprint density at radius 3 is 2.53 bits per heavy atom. The maximum atomic E-state index is 13.0. The first-order valence-electron chi connectivity index (χ1n) is 5.29. The molecular weight excluding hydrogens is 274 g/mol. The maximum absolute atomic E-state index is 13.0. The van der Waals surface area contributed by atoms with Gasteiger partial charge in [0.1, 0.15) is 0 Å². The molecule has 0 radical (unpaired) electrons. The number of carbonyl (C=O) groups excluding carboxylic acids is 1. The standard InChI is InChI=1S/C13H9ClF2N2O/c14-9-3-2-8(17)6-12(9)18-13(19)7-1-4-10(15)11(16)5-7/h1-6H,17H2,(H,18,19). The van der Waals surface area contributed by atoms with Gasteiger partial charge in [-0.05, 0) is 36.4 Å². The lowest BCUT2D eigenvalue weighted by Gasteiger charge is -2.08. The summed E-state index contributed by atoms with van der Waals surface area (Å²) < 4.78 is 25.8. The number of anilines is 2. The molecule has 0 heterocycles. The molecule has 2 aromatic rings. The topological polar surface area (TPSA) is 55.1 Å². The summed E-state index contributed by atoms with van der Waals surface area (Å²) in [5.74, 6) is -2.71. The van der Waals surface area contributed by atoms with Crippen molar-refractivity contribution in [3.8, 4) is 0 Å². The van der Waals surface area contributed by atoms with E-state index in [1.54, 1.807) is 6.07 Å². The molecule has 19 heavy (non-hydrogen) atoms. The minimum absolute atomic E-state index is 0.0163. The van der Waals surface area contributed by atoms with Gasteiger partial charge >= 0.3 is 0 Å². The zero-order valence-electron chi connectivity index (χ0n) is 9.58. The normalized spacial score (nSPS) is 10.3. The second-order valence-electron chi connectivity index (χ2n) is 3.82. The maximum Gasteiger partial charge on any atom is 0.255 e. The first kappa shape index (κ1) is 13.3. The molecule has 0 saturated heterocycles. The van der Waals surface area contributed by atoms with Gasteiger partial charge in [-0.1, -0.05) is 11.6 Å². The minimum atomic E-state index is -1.09. The van der Waals surface area contributed by atoms with Gasteiger partial charge in [0.2, 0.25) is 0 Å². The van der Waals surface area contributed by atoms with Crippen LogP contribution in [-0.4, -0.2) is 5.91 Å². The SMILES string of the molecule is Nc1ccc(Cl)c(NC(=O)c2ccc(F)c(F)c2)c1. The van der Waals surface area contributed by atoms with E-state index >= 15 is 0 Å². The summed E-state index contributed by atoms with van der Waals surface area (Å²) in [6, 6.07) is 7.44. The van der Waals surface area contributed by atoms with Crippen LogP contribution in [0.15, 0.2) is 36.4 Å². The number of hydrogen-bond donors (Lipinski definition) is 2. The van der Waals surface area contributed by atoms with E-state index < -0.39 is 17.5 Å². The van der Waals surface area contributed by atoms with Crippen LogP contribution < -0.4 is 11.1 Å². The van der Waals surface area contributed by atoms with Gasteiger partial charge in [-0.3, -0.25) is 4.79 Å². The fraction of sp³-hybridized carbons (Fsp3) is 0. The lowest BCUT2D eigenvalue weighted by atomic mass is 10.2. The second kappa shape index (κ2) is 5.24. The molecule has 6 heteroatoms. The van der Waals surface area contributed by atoms with E-state index in [1.807, 2.05) is 0 Å². The van der Waals surface area contributed by atoms with Crippen LogP contribution in [0.4, 0.5) is 20.2 Å². The molecule has 2 aromatic carbocycles. The van der Waals surface area contributed by atoms with Gasteiger partial charge in [0.05, 0.1) is 10.7 Å². The molecule has 1 amide bonds. The van der Waals surface area contributed by atoms with Crippen molar-refractivity contribution >= 4 is 28.9 Å². The molecule has 3 nitrogen and oxygen atoms in total. The Labute approximate surface area is 113 Å². The van der Waals surface area contributed by atoms with Crippen LogP contribution in [0.5, 0.6) is 0 Å². The van der Waals surface area contributed by atoms with Crippen LogP contribution in [0.3, 0.4) is 0 Å². The summed E-state index contributed by atoms with van der Waals surface area (Å²) in [4.78, 5) is 11.8. The van der Waals surface area contributed by atoms with Crippen LogP contribution >= 0.6 is 11.6 Å². The van der Waals surface area contributed by atoms with Crippen molar-refractivity contribution in [1.82, 2.24) is 0 Å². The van der Waals surface area contributed by atoms with E-state index in [9.17, 15) is 13.6 Å². The number of nitrogens with one attached hydrogen (secondary N) is 1. The van der Waals surface area contributed by atoms with E-state index in [0.29, 0.717) is 16.4 Å². The zero-order valence-corrected chi connectivity index (χ0v) is 10.3. The van der Waals surface area contributed by atoms with Crippen LogP contribution in [0.1, 0.15) is 10.4 Å². The Balaban J connectivity index is 2.25. The number of halogens is 3. The van der Waals surface area contributed by atoms with Crippen molar-refractivity contribution < 1.29 is 13.6 Å². The number of carbonyl (C=O) groups is 1. The third kappa shape index (κ3) is 3.00. The summed E-state index contributed by atoms with van der Waals surface area (Å²) in [6.45, 7) is 0. The lowest BCUT2D eigenvalue weighted by Crippen LogP contribution is -2.13. The van der Waals surface area contributed by atoms with Crippen LogP contribution in [0, 0.1) is 11.6 Å². The van der Waals surface area contributed by atoms with Crippen LogP contribution in [-0.2, 0) is 0 Å². The van der Waals surface area contributed by atoms with E-state index in [0.717, 1.165) is 12.1 Å². The highest BCUT2D eigenvalue weighted by atomic mass is 35.5. The summed E-state index contributed by atoms with van der Waals surface area (Å²) in [6.07, 6.45) is 0. The molecule has 0 saturated carbocycles. The Kier molecular flexibility index (Phi) is 3.66. The molecule has 0 bridgehead atoms. The second-order valence-corrected chi connectivity index (χ2v) is 4.23. The van der Waals surface area contributed by atoms with Crippen molar-refractivity contribution in [3.63, 3.8) is 0 Å². The predicted molar refractivity (Wildman–Crippen MR) is 70.2 cm³/mol. The molecule has 2 rings (SSSR count). The molecule has 98 valence electrons. The lowest BCUT2D eigenvalue weighted by molar-refractivity contribution is 0.102. The van der Waals surface area contributed by atoms with Gasteiger partial charge in [0, 0.05) is 11.3 Å². The third-order valence-corrected chi connectivity index (χ3v) is 2.75. The highest BCUT2D eigenvalue weighted by molar-refractivity contribution is 6.34. The zero-order chi connectivity index (χ0) is 14.0. The largest absolute Gasteiger partial charge is 0.399 e. The van der Waals surface area contributed by atoms with Crippen molar-refractivity contribution in [1.29, 1.82) is 0 Å². The molecule has 0 aliphatic heterocycles. The Morgan fingerprint density at radius 1 is 1.11 bits per heavy atom. The molecule has 0 unspecified atom stereocenters. The predicted octanol–water partition coefficient (Wildman–Crippen LogP) is 3.45. The molecule has 0 aliphatic carbocycles. The van der Waals surface area contributed by atoms with Gasteiger partial charge in [-0.2, -0.15) is 0 Å². The smallest absolute Gasteiger partial charge is 0.255 e. The van der Waals surface area contributed by atoms with Crippen molar-refractivity contribution in [2.24, 2.45) is 0 Å². The summed E-state index contributed by atoms with van der Waals surface area (Å²) in [5, 5.41) is 2.77. The fourth-order valence-corrected chi connectivity index (χ4v) is 1.64. The van der Waals surface area contributed by atoms with E-state index in [1.165, 1.54) is 18.2 Å². The first-order valence-corrected chi connectivity index (χ1v) is 5.66. The molecule has 0 aromatic heterocycles. The monoisotopic (exact) mass is 282 g/mol. The number of nitrogen functional groups attached to an aromatic ring is 1. The molecule has 0 aliphatic rings. The number of hydrogen-bond acceptors (Lipinski definition) is 2. The first-order chi connectivity index (χ1) is 8.97. The summed E-state index contributed by atoms with van der Waals surface area (Å²) in [7, 11) is 0. The van der Waals surface area contributed by atoms with E-state index in [2.05, 4.69) is 5.32 Å². The van der Waals surface area contributed by atoms with Crippen molar-refractivity contribution in [2.75, 3.05) is 11.1 Å². The molecule has 0 fully saturated rings. The average molecular weight is 283 g/mol. The number of amides is 1. The van der Waals surface area contributed by atoms with Crippen molar-refractivity contribution in [3.05, 3.63) is 58.6 Å². The number of nitrogens with two attached hydrogens (primary N) is 1. The number of rotatable bonds is 2. The van der Waals surface area contributed by atoms with Gasteiger partial charge in [0.15, 0.2) is 11.6 Å². The van der Waals surface area contributed by atoms with E-state index in [-0.39, 0.29) is 5.56 Å². The van der Waals surface area contributed by atoms with Gasteiger partial charge < -0.3 is 11.1 Å². The average Bonchev–Trinajstić information content (AvgIpc) is 2.37. The quantitative estimate of drug-likeness (QED) is 0.829. The molecule has 0 atom stereocenters. The minimum Gasteiger partial charge on any atom is -0.399 e. The Bertz CT molecular complexity index is 647. The molecular formula is C13H9ClF2N2O. The number of benzene rings is 2. The van der Waals surface area contributed by atoms with Crippen molar-refractivity contribution in [2.45, 2.75) is 0 Å². The fourth-order valence-electron chi connectivity index (χ4n) is 1.47. The van der Waals surface area contributed by atoms with Crippen LogP contribution in [0.25, 0.3) is 0 Å². The summed E-state index contributed by atoms with van der Waals surface area (Å²) in [5.41, 5.74) is 6.27.